The first-order valence-electron chi connectivity index (χ1n) is 4.94. The third-order valence-corrected chi connectivity index (χ3v) is 2.22. The van der Waals surface area contributed by atoms with Crippen LogP contribution in [0.4, 0.5) is 10.5 Å². The number of nitrogens with one attached hydrogen (secondary N) is 2. The van der Waals surface area contributed by atoms with E-state index in [1.54, 1.807) is 24.3 Å². The Morgan fingerprint density at radius 1 is 1.41 bits per heavy atom. The van der Waals surface area contributed by atoms with Crippen molar-refractivity contribution in [1.82, 2.24) is 5.32 Å². The van der Waals surface area contributed by atoms with Crippen molar-refractivity contribution in [2.45, 2.75) is 13.0 Å². The Morgan fingerprint density at radius 3 is 2.71 bits per heavy atom. The number of hydrogen-bond donors (Lipinski definition) is 2. The minimum Gasteiger partial charge on any atom is -0.467 e. The normalized spacial score (nSPS) is 11.5. The molecule has 0 aromatic heterocycles. The molecule has 1 rings (SSSR count). The van der Waals surface area contributed by atoms with Gasteiger partial charge in [-0.3, -0.25) is 0 Å². The van der Waals surface area contributed by atoms with E-state index in [-0.39, 0.29) is 0 Å². The van der Waals surface area contributed by atoms with Crippen molar-refractivity contribution < 1.29 is 14.3 Å². The second-order valence-corrected chi connectivity index (χ2v) is 3.79. The Kier molecular flexibility index (Phi) is 4.78. The monoisotopic (exact) mass is 256 g/mol. The molecule has 0 fully saturated rings. The lowest BCUT2D eigenvalue weighted by atomic mass is 10.3. The molecule has 5 nitrogen and oxygen atoms in total. The highest BCUT2D eigenvalue weighted by molar-refractivity contribution is 6.30. The van der Waals surface area contributed by atoms with Crippen molar-refractivity contribution in [2.75, 3.05) is 12.4 Å². The standard InChI is InChI=1S/C11H13ClN2O3/c1-7(10(15)17-2)13-11(16)14-9-5-3-4-8(12)6-9/h3-7H,1-2H3,(H2,13,14,16). The molecule has 0 saturated carbocycles. The van der Waals surface area contributed by atoms with Crippen molar-refractivity contribution in [2.24, 2.45) is 0 Å². The molecule has 0 aliphatic rings. The maximum atomic E-state index is 11.5. The zero-order chi connectivity index (χ0) is 12.8. The molecular weight excluding hydrogens is 244 g/mol. The van der Waals surface area contributed by atoms with Crippen molar-refractivity contribution in [3.63, 3.8) is 0 Å². The van der Waals surface area contributed by atoms with Crippen molar-refractivity contribution >= 4 is 29.3 Å². The summed E-state index contributed by atoms with van der Waals surface area (Å²) >= 11 is 5.76. The molecule has 0 bridgehead atoms. The van der Waals surface area contributed by atoms with Crippen LogP contribution in [-0.2, 0) is 9.53 Å². The van der Waals surface area contributed by atoms with Crippen LogP contribution in [0, 0.1) is 0 Å². The van der Waals surface area contributed by atoms with E-state index in [4.69, 9.17) is 11.6 Å². The summed E-state index contributed by atoms with van der Waals surface area (Å²) in [4.78, 5) is 22.5. The lowest BCUT2D eigenvalue weighted by molar-refractivity contribution is -0.142. The molecule has 1 atom stereocenters. The summed E-state index contributed by atoms with van der Waals surface area (Å²) in [5.41, 5.74) is 0.548. The van der Waals surface area contributed by atoms with E-state index in [9.17, 15) is 9.59 Å². The highest BCUT2D eigenvalue weighted by Gasteiger charge is 2.15. The summed E-state index contributed by atoms with van der Waals surface area (Å²) < 4.78 is 4.48. The Balaban J connectivity index is 2.53. The molecule has 2 amide bonds. The van der Waals surface area contributed by atoms with Gasteiger partial charge in [-0.25, -0.2) is 9.59 Å². The fourth-order valence-corrected chi connectivity index (χ4v) is 1.36. The molecule has 0 aliphatic heterocycles. The van der Waals surface area contributed by atoms with Crippen molar-refractivity contribution in [1.29, 1.82) is 0 Å². The highest BCUT2D eigenvalue weighted by Crippen LogP contribution is 2.14. The van der Waals surface area contributed by atoms with Gasteiger partial charge in [-0.2, -0.15) is 0 Å². The van der Waals surface area contributed by atoms with E-state index in [1.807, 2.05) is 0 Å². The van der Waals surface area contributed by atoms with E-state index >= 15 is 0 Å². The van der Waals surface area contributed by atoms with E-state index in [0.29, 0.717) is 10.7 Å². The summed E-state index contributed by atoms with van der Waals surface area (Å²) in [7, 11) is 1.26. The SMILES string of the molecule is COC(=O)C(C)NC(=O)Nc1cccc(Cl)c1. The number of benzene rings is 1. The second-order valence-electron chi connectivity index (χ2n) is 3.35. The lowest BCUT2D eigenvalue weighted by Gasteiger charge is -2.12. The third kappa shape index (κ3) is 4.32. The van der Waals surface area contributed by atoms with Gasteiger partial charge in [-0.05, 0) is 25.1 Å². The van der Waals surface area contributed by atoms with Crippen LogP contribution in [0.2, 0.25) is 5.02 Å². The fourth-order valence-electron chi connectivity index (χ4n) is 1.17. The molecule has 92 valence electrons. The lowest BCUT2D eigenvalue weighted by Crippen LogP contribution is -2.41. The van der Waals surface area contributed by atoms with Crippen LogP contribution in [0.25, 0.3) is 0 Å². The van der Waals surface area contributed by atoms with Gasteiger partial charge >= 0.3 is 12.0 Å². The Bertz CT molecular complexity index is 423. The number of esters is 1. The summed E-state index contributed by atoms with van der Waals surface area (Å²) in [6.07, 6.45) is 0. The first-order chi connectivity index (χ1) is 8.02. The van der Waals surface area contributed by atoms with Gasteiger partial charge in [0.2, 0.25) is 0 Å². The van der Waals surface area contributed by atoms with Crippen LogP contribution in [0.15, 0.2) is 24.3 Å². The van der Waals surface area contributed by atoms with Gasteiger partial charge in [-0.1, -0.05) is 17.7 Å². The van der Waals surface area contributed by atoms with Crippen LogP contribution in [0.1, 0.15) is 6.92 Å². The zero-order valence-corrected chi connectivity index (χ0v) is 10.2. The van der Waals surface area contributed by atoms with Crippen LogP contribution >= 0.6 is 11.6 Å². The van der Waals surface area contributed by atoms with Gasteiger partial charge in [0.05, 0.1) is 7.11 Å². The number of halogens is 1. The first kappa shape index (κ1) is 13.3. The van der Waals surface area contributed by atoms with Gasteiger partial charge in [0.1, 0.15) is 6.04 Å². The molecule has 1 aromatic carbocycles. The number of carbonyl (C=O) groups excluding carboxylic acids is 2. The highest BCUT2D eigenvalue weighted by atomic mass is 35.5. The molecule has 0 aliphatic carbocycles. The van der Waals surface area contributed by atoms with Gasteiger partial charge in [-0.15, -0.1) is 0 Å². The Hall–Kier alpha value is -1.75. The smallest absolute Gasteiger partial charge is 0.328 e. The molecule has 0 saturated heterocycles. The number of hydrogen-bond acceptors (Lipinski definition) is 3. The molecule has 0 spiro atoms. The zero-order valence-electron chi connectivity index (χ0n) is 9.49. The average molecular weight is 257 g/mol. The van der Waals surface area contributed by atoms with Crippen molar-refractivity contribution in [3.8, 4) is 0 Å². The number of methoxy groups -OCH3 is 1. The van der Waals surface area contributed by atoms with Gasteiger partial charge < -0.3 is 15.4 Å². The van der Waals surface area contributed by atoms with Gasteiger partial charge in [0.15, 0.2) is 0 Å². The van der Waals surface area contributed by atoms with Crippen LogP contribution in [0.5, 0.6) is 0 Å². The fraction of sp³-hybridized carbons (Fsp3) is 0.273. The van der Waals surface area contributed by atoms with Gasteiger partial charge in [0.25, 0.3) is 0 Å². The second kappa shape index (κ2) is 6.10. The van der Waals surface area contributed by atoms with E-state index in [1.165, 1.54) is 14.0 Å². The number of ether oxygens (including phenoxy) is 1. The Morgan fingerprint density at radius 2 is 2.12 bits per heavy atom. The average Bonchev–Trinajstić information content (AvgIpc) is 2.27. The summed E-state index contributed by atoms with van der Waals surface area (Å²) in [6, 6.07) is 5.49. The molecule has 17 heavy (non-hydrogen) atoms. The number of amides is 2. The molecule has 0 radical (unpaired) electrons. The van der Waals surface area contributed by atoms with Crippen LogP contribution in [0.3, 0.4) is 0 Å². The maximum absolute atomic E-state index is 11.5. The predicted octanol–water partition coefficient (Wildman–Crippen LogP) is 2.02. The minimum atomic E-state index is -0.709. The van der Waals surface area contributed by atoms with Crippen molar-refractivity contribution in [3.05, 3.63) is 29.3 Å². The van der Waals surface area contributed by atoms with Crippen LogP contribution < -0.4 is 10.6 Å². The van der Waals surface area contributed by atoms with Crippen LogP contribution in [-0.4, -0.2) is 25.2 Å². The third-order valence-electron chi connectivity index (χ3n) is 1.98. The minimum absolute atomic E-state index is 0.495. The Labute approximate surface area is 104 Å². The molecular formula is C11H13ClN2O3. The summed E-state index contributed by atoms with van der Waals surface area (Å²) in [5, 5.41) is 5.50. The number of urea groups is 1. The van der Waals surface area contributed by atoms with E-state index in [2.05, 4.69) is 15.4 Å². The maximum Gasteiger partial charge on any atom is 0.328 e. The molecule has 1 aromatic rings. The number of carbonyl (C=O) groups is 2. The summed E-state index contributed by atoms with van der Waals surface area (Å²) in [5.74, 6) is -0.508. The van der Waals surface area contributed by atoms with Gasteiger partial charge in [0, 0.05) is 10.7 Å². The largest absolute Gasteiger partial charge is 0.467 e. The topological polar surface area (TPSA) is 67.4 Å². The first-order valence-corrected chi connectivity index (χ1v) is 5.31. The number of anilines is 1. The molecule has 0 heterocycles. The predicted molar refractivity (Wildman–Crippen MR) is 65.1 cm³/mol. The molecule has 6 heteroatoms. The van der Waals surface area contributed by atoms with E-state index in [0.717, 1.165) is 0 Å². The molecule has 1 unspecified atom stereocenters. The van der Waals surface area contributed by atoms with E-state index < -0.39 is 18.0 Å². The summed E-state index contributed by atoms with van der Waals surface area (Å²) in [6.45, 7) is 1.53. The molecule has 2 N–H and O–H groups in total. The quantitative estimate of drug-likeness (QED) is 0.813. The number of rotatable bonds is 3.